The van der Waals surface area contributed by atoms with Gasteiger partial charge in [-0.05, 0) is 49.0 Å². The highest BCUT2D eigenvalue weighted by molar-refractivity contribution is 7.71. The van der Waals surface area contributed by atoms with Crippen molar-refractivity contribution < 1.29 is 4.39 Å². The number of halogens is 2. The number of rotatable bonds is 1. The molecule has 0 bridgehead atoms. The van der Waals surface area contributed by atoms with Crippen molar-refractivity contribution in [2.24, 2.45) is 0 Å². The van der Waals surface area contributed by atoms with E-state index in [0.29, 0.717) is 9.79 Å². The Balaban J connectivity index is 2.46. The van der Waals surface area contributed by atoms with Gasteiger partial charge in [0.2, 0.25) is 0 Å². The van der Waals surface area contributed by atoms with Crippen molar-refractivity contribution in [3.8, 4) is 5.69 Å². The minimum Gasteiger partial charge on any atom is -0.330 e. The Bertz CT molecular complexity index is 815. The number of para-hydroxylation sites is 1. The first-order valence-corrected chi connectivity index (χ1v) is 6.52. The molecule has 0 saturated heterocycles. The second-order valence-electron chi connectivity index (χ2n) is 4.36. The number of aromatic amines is 1. The van der Waals surface area contributed by atoms with Crippen molar-refractivity contribution in [3.63, 3.8) is 0 Å². The summed E-state index contributed by atoms with van der Waals surface area (Å²) >= 11 is 11.4. The molecule has 0 saturated carbocycles. The summed E-state index contributed by atoms with van der Waals surface area (Å²) in [6.07, 6.45) is 0. The molecule has 0 aliphatic rings. The maximum Gasteiger partial charge on any atom is 0.182 e. The molecule has 0 radical (unpaired) electrons. The summed E-state index contributed by atoms with van der Waals surface area (Å²) in [5.74, 6) is -0.397. The molecule has 0 amide bonds. The molecule has 2 aromatic carbocycles. The maximum atomic E-state index is 14.1. The molecule has 96 valence electrons. The van der Waals surface area contributed by atoms with Crippen LogP contribution in [-0.2, 0) is 0 Å². The minimum absolute atomic E-state index is 0.283. The Morgan fingerprint density at radius 1 is 1.26 bits per heavy atom. The molecule has 0 aliphatic carbocycles. The Labute approximate surface area is 119 Å². The molecule has 3 rings (SSSR count). The summed E-state index contributed by atoms with van der Waals surface area (Å²) in [6, 6.07) is 10.4. The van der Waals surface area contributed by atoms with E-state index in [1.807, 2.05) is 25.1 Å². The Morgan fingerprint density at radius 2 is 2.05 bits per heavy atom. The van der Waals surface area contributed by atoms with E-state index in [1.54, 1.807) is 16.7 Å². The molecule has 0 unspecified atom stereocenters. The number of nitrogens with zero attached hydrogens (tertiary/aromatic N) is 1. The van der Waals surface area contributed by atoms with Gasteiger partial charge >= 0.3 is 0 Å². The van der Waals surface area contributed by atoms with Crippen molar-refractivity contribution in [2.45, 2.75) is 6.92 Å². The van der Waals surface area contributed by atoms with Crippen LogP contribution in [0.5, 0.6) is 0 Å². The van der Waals surface area contributed by atoms with Crippen LogP contribution in [0.1, 0.15) is 5.56 Å². The first kappa shape index (κ1) is 12.4. The summed E-state index contributed by atoms with van der Waals surface area (Å²) in [5, 5.41) is 0.332. The van der Waals surface area contributed by atoms with Gasteiger partial charge in [0.05, 0.1) is 16.1 Å². The van der Waals surface area contributed by atoms with E-state index in [0.717, 1.165) is 16.6 Å². The highest BCUT2D eigenvalue weighted by atomic mass is 35.5. The number of nitrogens with one attached hydrogen (secondary N) is 1. The molecule has 2 nitrogen and oxygen atoms in total. The second-order valence-corrected chi connectivity index (χ2v) is 5.15. The fourth-order valence-corrected chi connectivity index (χ4v) is 2.68. The number of imidazole rings is 1. The molecule has 1 aromatic heterocycles. The Hall–Kier alpha value is -1.65. The number of benzene rings is 2. The third-order valence-electron chi connectivity index (χ3n) is 3.00. The van der Waals surface area contributed by atoms with Gasteiger partial charge in [-0.25, -0.2) is 4.39 Å². The summed E-state index contributed by atoms with van der Waals surface area (Å²) < 4.78 is 16.1. The van der Waals surface area contributed by atoms with E-state index >= 15 is 0 Å². The molecule has 0 fully saturated rings. The van der Waals surface area contributed by atoms with E-state index in [1.165, 1.54) is 6.07 Å². The van der Waals surface area contributed by atoms with E-state index < -0.39 is 5.82 Å². The lowest BCUT2D eigenvalue weighted by Gasteiger charge is -2.08. The van der Waals surface area contributed by atoms with Gasteiger partial charge in [-0.2, -0.15) is 0 Å². The molecule has 0 atom stereocenters. The SMILES string of the molecule is Cc1ccc2[nH]c(=S)n(-c3c(F)cccc3Cl)c2c1. The lowest BCUT2D eigenvalue weighted by molar-refractivity contribution is 0.619. The van der Waals surface area contributed by atoms with Crippen LogP contribution in [0.15, 0.2) is 36.4 Å². The molecule has 0 spiro atoms. The number of H-pyrrole nitrogens is 1. The van der Waals surface area contributed by atoms with Gasteiger partial charge in [0.1, 0.15) is 11.5 Å². The third kappa shape index (κ3) is 1.97. The number of hydrogen-bond acceptors (Lipinski definition) is 1. The van der Waals surface area contributed by atoms with Gasteiger partial charge in [0.15, 0.2) is 4.77 Å². The number of hydrogen-bond donors (Lipinski definition) is 1. The first-order valence-electron chi connectivity index (χ1n) is 5.73. The van der Waals surface area contributed by atoms with Crippen molar-refractivity contribution >= 4 is 34.9 Å². The van der Waals surface area contributed by atoms with Crippen molar-refractivity contribution in [1.29, 1.82) is 0 Å². The maximum absolute atomic E-state index is 14.1. The van der Waals surface area contributed by atoms with Crippen LogP contribution >= 0.6 is 23.8 Å². The van der Waals surface area contributed by atoms with Crippen LogP contribution in [0, 0.1) is 17.5 Å². The van der Waals surface area contributed by atoms with E-state index in [2.05, 4.69) is 4.98 Å². The average molecular weight is 293 g/mol. The lowest BCUT2D eigenvalue weighted by atomic mass is 10.2. The summed E-state index contributed by atoms with van der Waals surface area (Å²) in [5.41, 5.74) is 3.03. The fraction of sp³-hybridized carbons (Fsp3) is 0.0714. The predicted octanol–water partition coefficient (Wildman–Crippen LogP) is 4.79. The number of aryl methyl sites for hydroxylation is 1. The molecule has 0 aliphatic heterocycles. The average Bonchev–Trinajstić information content (AvgIpc) is 2.66. The zero-order chi connectivity index (χ0) is 13.6. The predicted molar refractivity (Wildman–Crippen MR) is 78.2 cm³/mol. The van der Waals surface area contributed by atoms with Crippen molar-refractivity contribution in [3.05, 3.63) is 57.6 Å². The van der Waals surface area contributed by atoms with Gasteiger partial charge < -0.3 is 4.98 Å². The van der Waals surface area contributed by atoms with Crippen LogP contribution in [0.4, 0.5) is 4.39 Å². The van der Waals surface area contributed by atoms with Gasteiger partial charge in [-0.3, -0.25) is 4.57 Å². The second kappa shape index (κ2) is 4.47. The van der Waals surface area contributed by atoms with Gasteiger partial charge in [-0.1, -0.05) is 23.7 Å². The lowest BCUT2D eigenvalue weighted by Crippen LogP contribution is -1.99. The van der Waals surface area contributed by atoms with Gasteiger partial charge in [0, 0.05) is 0 Å². The fourth-order valence-electron chi connectivity index (χ4n) is 2.14. The normalized spacial score (nSPS) is 11.1. The van der Waals surface area contributed by atoms with Crippen LogP contribution in [-0.4, -0.2) is 9.55 Å². The molecule has 19 heavy (non-hydrogen) atoms. The largest absolute Gasteiger partial charge is 0.330 e. The molecule has 1 N–H and O–H groups in total. The molecular weight excluding hydrogens is 283 g/mol. The molecular formula is C14H10ClFN2S. The highest BCUT2D eigenvalue weighted by Crippen LogP contribution is 2.28. The smallest absolute Gasteiger partial charge is 0.182 e. The highest BCUT2D eigenvalue weighted by Gasteiger charge is 2.14. The molecule has 1 heterocycles. The van der Waals surface area contributed by atoms with Gasteiger partial charge in [0.25, 0.3) is 0 Å². The summed E-state index contributed by atoms with van der Waals surface area (Å²) in [4.78, 5) is 3.06. The molecule has 3 aromatic rings. The Morgan fingerprint density at radius 3 is 2.79 bits per heavy atom. The third-order valence-corrected chi connectivity index (χ3v) is 3.59. The molecule has 5 heteroatoms. The standard InChI is InChI=1S/C14H10ClFN2S/c1-8-5-6-11-12(7-8)18(14(19)17-11)13-9(15)3-2-4-10(13)16/h2-7H,1H3,(H,17,19). The number of aromatic nitrogens is 2. The van der Waals surface area contributed by atoms with E-state index in [9.17, 15) is 4.39 Å². The Kier molecular flexibility index (Phi) is 2.92. The van der Waals surface area contributed by atoms with Crippen LogP contribution in [0.3, 0.4) is 0 Å². The number of fused-ring (bicyclic) bond motifs is 1. The van der Waals surface area contributed by atoms with Crippen LogP contribution < -0.4 is 0 Å². The summed E-state index contributed by atoms with van der Waals surface area (Å²) in [6.45, 7) is 1.97. The topological polar surface area (TPSA) is 20.7 Å². The van der Waals surface area contributed by atoms with Crippen molar-refractivity contribution in [2.75, 3.05) is 0 Å². The van der Waals surface area contributed by atoms with E-state index in [-0.39, 0.29) is 5.69 Å². The first-order chi connectivity index (χ1) is 9.08. The van der Waals surface area contributed by atoms with E-state index in [4.69, 9.17) is 23.8 Å². The quantitative estimate of drug-likeness (QED) is 0.640. The minimum atomic E-state index is -0.397. The van der Waals surface area contributed by atoms with Crippen molar-refractivity contribution in [1.82, 2.24) is 9.55 Å². The summed E-state index contributed by atoms with van der Waals surface area (Å²) in [7, 11) is 0. The zero-order valence-electron chi connectivity index (χ0n) is 10.1. The van der Waals surface area contributed by atoms with Crippen LogP contribution in [0.2, 0.25) is 5.02 Å². The zero-order valence-corrected chi connectivity index (χ0v) is 11.6. The monoisotopic (exact) mass is 292 g/mol. The van der Waals surface area contributed by atoms with Gasteiger partial charge in [-0.15, -0.1) is 0 Å². The van der Waals surface area contributed by atoms with Crippen LogP contribution in [0.25, 0.3) is 16.7 Å².